The van der Waals surface area contributed by atoms with E-state index in [1.807, 2.05) is 13.8 Å². The van der Waals surface area contributed by atoms with Gasteiger partial charge < -0.3 is 4.42 Å². The smallest absolute Gasteiger partial charge is 0.244 e. The molecule has 0 spiro atoms. The summed E-state index contributed by atoms with van der Waals surface area (Å²) >= 11 is 1.44. The van der Waals surface area contributed by atoms with Gasteiger partial charge in [0.25, 0.3) is 0 Å². The molecule has 2 aromatic rings. The zero-order valence-corrected chi connectivity index (χ0v) is 15.3. The minimum absolute atomic E-state index is 0.212. The highest BCUT2D eigenvalue weighted by Gasteiger charge is 2.29. The Kier molecular flexibility index (Phi) is 5.21. The van der Waals surface area contributed by atoms with Gasteiger partial charge in [0.1, 0.15) is 4.90 Å². The predicted octanol–water partition coefficient (Wildman–Crippen LogP) is 2.66. The van der Waals surface area contributed by atoms with Crippen molar-refractivity contribution in [2.24, 2.45) is 0 Å². The van der Waals surface area contributed by atoms with Crippen molar-refractivity contribution in [3.63, 3.8) is 0 Å². The summed E-state index contributed by atoms with van der Waals surface area (Å²) in [6, 6.07) is 3.30. The van der Waals surface area contributed by atoms with Crippen LogP contribution in [0.4, 0.5) is 0 Å². The Morgan fingerprint density at radius 1 is 1.25 bits per heavy atom. The second-order valence-electron chi connectivity index (χ2n) is 5.52. The van der Waals surface area contributed by atoms with E-state index in [0.29, 0.717) is 30.7 Å². The predicted molar refractivity (Wildman–Crippen MR) is 90.2 cm³/mol. The lowest BCUT2D eigenvalue weighted by molar-refractivity contribution is 0.445. The molecule has 1 aliphatic carbocycles. The SMILES string of the molecule is CCN(CC)S(=O)(=O)c1ccc(SCc2nnc(C3CC3)o2)nc1. The van der Waals surface area contributed by atoms with E-state index < -0.39 is 10.0 Å². The first-order valence-corrected chi connectivity index (χ1v) is 10.4. The molecule has 3 rings (SSSR count). The van der Waals surface area contributed by atoms with Gasteiger partial charge in [-0.15, -0.1) is 10.2 Å². The van der Waals surface area contributed by atoms with Crippen LogP contribution < -0.4 is 0 Å². The van der Waals surface area contributed by atoms with Crippen molar-refractivity contribution in [2.45, 2.75) is 48.3 Å². The molecule has 0 saturated heterocycles. The van der Waals surface area contributed by atoms with Crippen molar-refractivity contribution in [3.05, 3.63) is 30.1 Å². The van der Waals surface area contributed by atoms with Gasteiger partial charge in [-0.1, -0.05) is 25.6 Å². The van der Waals surface area contributed by atoms with Crippen LogP contribution in [0.5, 0.6) is 0 Å². The fourth-order valence-electron chi connectivity index (χ4n) is 2.27. The molecule has 9 heteroatoms. The molecular formula is C15H20N4O3S2. The quantitative estimate of drug-likeness (QED) is 0.662. The Labute approximate surface area is 145 Å². The molecule has 2 aromatic heterocycles. The lowest BCUT2D eigenvalue weighted by Gasteiger charge is -2.18. The summed E-state index contributed by atoms with van der Waals surface area (Å²) in [6.45, 7) is 4.52. The van der Waals surface area contributed by atoms with Crippen molar-refractivity contribution in [1.82, 2.24) is 19.5 Å². The Balaban J connectivity index is 1.63. The number of hydrogen-bond acceptors (Lipinski definition) is 7. The van der Waals surface area contributed by atoms with E-state index in [9.17, 15) is 8.42 Å². The lowest BCUT2D eigenvalue weighted by Crippen LogP contribution is -2.30. The van der Waals surface area contributed by atoms with Crippen LogP contribution in [0.1, 0.15) is 44.4 Å². The molecule has 0 N–H and O–H groups in total. The third kappa shape index (κ3) is 3.79. The summed E-state index contributed by atoms with van der Waals surface area (Å²) in [5.74, 6) is 2.26. The number of hydrogen-bond donors (Lipinski definition) is 0. The lowest BCUT2D eigenvalue weighted by atomic mass is 10.4. The van der Waals surface area contributed by atoms with Gasteiger partial charge in [0.05, 0.1) is 10.8 Å². The molecule has 0 aliphatic heterocycles. The van der Waals surface area contributed by atoms with Crippen LogP contribution in [0, 0.1) is 0 Å². The Hall–Kier alpha value is -1.45. The molecular weight excluding hydrogens is 348 g/mol. The maximum atomic E-state index is 12.4. The fraction of sp³-hybridized carbons (Fsp3) is 0.533. The van der Waals surface area contributed by atoms with Gasteiger partial charge in [-0.25, -0.2) is 13.4 Å². The van der Waals surface area contributed by atoms with Gasteiger partial charge in [0.15, 0.2) is 0 Å². The molecule has 0 radical (unpaired) electrons. The van der Waals surface area contributed by atoms with Crippen molar-refractivity contribution >= 4 is 21.8 Å². The highest BCUT2D eigenvalue weighted by molar-refractivity contribution is 7.98. The molecule has 0 aromatic carbocycles. The van der Waals surface area contributed by atoms with Crippen LogP contribution in [0.3, 0.4) is 0 Å². The third-order valence-corrected chi connectivity index (χ3v) is 6.77. The summed E-state index contributed by atoms with van der Waals surface area (Å²) in [6.07, 6.45) is 3.65. The van der Waals surface area contributed by atoms with Gasteiger partial charge in [-0.05, 0) is 25.0 Å². The first-order chi connectivity index (χ1) is 11.5. The van der Waals surface area contributed by atoms with E-state index in [-0.39, 0.29) is 4.90 Å². The molecule has 1 fully saturated rings. The largest absolute Gasteiger partial charge is 0.424 e. The van der Waals surface area contributed by atoms with Crippen LogP contribution in [0.2, 0.25) is 0 Å². The molecule has 7 nitrogen and oxygen atoms in total. The van der Waals surface area contributed by atoms with Gasteiger partial charge >= 0.3 is 0 Å². The molecule has 130 valence electrons. The van der Waals surface area contributed by atoms with Gasteiger partial charge in [-0.3, -0.25) is 0 Å². The summed E-state index contributed by atoms with van der Waals surface area (Å²) in [5, 5.41) is 8.79. The first-order valence-electron chi connectivity index (χ1n) is 7.95. The normalized spacial score (nSPS) is 15.1. The minimum Gasteiger partial charge on any atom is -0.424 e. The van der Waals surface area contributed by atoms with Crippen molar-refractivity contribution < 1.29 is 12.8 Å². The van der Waals surface area contributed by atoms with Crippen LogP contribution in [0.25, 0.3) is 0 Å². The van der Waals surface area contributed by atoms with Gasteiger partial charge in [0, 0.05) is 25.2 Å². The zero-order valence-electron chi connectivity index (χ0n) is 13.7. The van der Waals surface area contributed by atoms with Gasteiger partial charge in [0.2, 0.25) is 21.8 Å². The number of thioether (sulfide) groups is 1. The van der Waals surface area contributed by atoms with Crippen molar-refractivity contribution in [3.8, 4) is 0 Å². The standard InChI is InChI=1S/C15H20N4O3S2/c1-3-19(4-2)24(20,21)12-7-8-14(16-9-12)23-10-13-17-18-15(22-13)11-5-6-11/h7-9,11H,3-6,10H2,1-2H3. The molecule has 0 amide bonds. The third-order valence-electron chi connectivity index (χ3n) is 3.80. The first kappa shape index (κ1) is 17.4. The number of nitrogens with zero attached hydrogens (tertiary/aromatic N) is 4. The summed E-state index contributed by atoms with van der Waals surface area (Å²) in [5.41, 5.74) is 0. The number of sulfonamides is 1. The highest BCUT2D eigenvalue weighted by atomic mass is 32.2. The maximum absolute atomic E-state index is 12.4. The molecule has 24 heavy (non-hydrogen) atoms. The Morgan fingerprint density at radius 3 is 2.58 bits per heavy atom. The molecule has 0 unspecified atom stereocenters. The zero-order chi connectivity index (χ0) is 17.2. The van der Waals surface area contributed by atoms with Crippen LogP contribution in [-0.2, 0) is 15.8 Å². The minimum atomic E-state index is -3.46. The van der Waals surface area contributed by atoms with E-state index in [1.54, 1.807) is 12.1 Å². The number of pyridine rings is 1. The van der Waals surface area contributed by atoms with E-state index >= 15 is 0 Å². The van der Waals surface area contributed by atoms with Crippen LogP contribution >= 0.6 is 11.8 Å². The van der Waals surface area contributed by atoms with E-state index in [1.165, 1.54) is 22.3 Å². The summed E-state index contributed by atoms with van der Waals surface area (Å²) in [4.78, 5) is 4.44. The summed E-state index contributed by atoms with van der Waals surface area (Å²) in [7, 11) is -3.46. The fourth-order valence-corrected chi connectivity index (χ4v) is 4.36. The molecule has 0 atom stereocenters. The Morgan fingerprint density at radius 2 is 2.00 bits per heavy atom. The second-order valence-corrected chi connectivity index (χ2v) is 8.45. The van der Waals surface area contributed by atoms with E-state index in [2.05, 4.69) is 15.2 Å². The van der Waals surface area contributed by atoms with E-state index in [0.717, 1.165) is 23.8 Å². The second kappa shape index (κ2) is 7.20. The van der Waals surface area contributed by atoms with E-state index in [4.69, 9.17) is 4.42 Å². The molecule has 0 bridgehead atoms. The van der Waals surface area contributed by atoms with Gasteiger partial charge in [-0.2, -0.15) is 4.31 Å². The average Bonchev–Trinajstić information content (AvgIpc) is 3.33. The molecule has 1 saturated carbocycles. The topological polar surface area (TPSA) is 89.2 Å². The average molecular weight is 368 g/mol. The number of rotatable bonds is 8. The summed E-state index contributed by atoms with van der Waals surface area (Å²) < 4.78 is 31.8. The van der Waals surface area contributed by atoms with Crippen molar-refractivity contribution in [2.75, 3.05) is 13.1 Å². The highest BCUT2D eigenvalue weighted by Crippen LogP contribution is 2.39. The maximum Gasteiger partial charge on any atom is 0.244 e. The van der Waals surface area contributed by atoms with Crippen molar-refractivity contribution in [1.29, 1.82) is 0 Å². The monoisotopic (exact) mass is 368 g/mol. The van der Waals surface area contributed by atoms with Crippen LogP contribution in [0.15, 0.2) is 32.7 Å². The Bertz CT molecular complexity index is 781. The molecule has 1 aliphatic rings. The molecule has 2 heterocycles. The van der Waals surface area contributed by atoms with Crippen LogP contribution in [-0.4, -0.2) is 41.0 Å². The number of aromatic nitrogens is 3.